The van der Waals surface area contributed by atoms with Crippen LogP contribution in [0.25, 0.3) is 0 Å². The average molecular weight is 609 g/mol. The largest absolute Gasteiger partial charge is 0.493 e. The zero-order valence-electron chi connectivity index (χ0n) is 24.3. The molecular weight excluding hydrogens is 580 g/mol. The van der Waals surface area contributed by atoms with Crippen molar-refractivity contribution in [1.29, 1.82) is 0 Å². The highest BCUT2D eigenvalue weighted by Crippen LogP contribution is 2.29. The summed E-state index contributed by atoms with van der Waals surface area (Å²) in [4.78, 5) is 49.0. The van der Waals surface area contributed by atoms with Gasteiger partial charge in [0.05, 0.1) is 37.8 Å². The number of hydrazone groups is 2. The quantitative estimate of drug-likeness (QED) is 0.0800. The summed E-state index contributed by atoms with van der Waals surface area (Å²) in [5, 5.41) is 7.69. The molecular formula is C33H28N4O8. The van der Waals surface area contributed by atoms with Gasteiger partial charge in [-0.2, -0.15) is 10.2 Å². The van der Waals surface area contributed by atoms with E-state index in [1.165, 1.54) is 38.8 Å². The average Bonchev–Trinajstić information content (AvgIpc) is 3.06. The van der Waals surface area contributed by atoms with Crippen LogP contribution in [0.4, 0.5) is 0 Å². The third-order valence-electron chi connectivity index (χ3n) is 5.93. The predicted molar refractivity (Wildman–Crippen MR) is 165 cm³/mol. The van der Waals surface area contributed by atoms with Crippen molar-refractivity contribution in [2.24, 2.45) is 10.2 Å². The second kappa shape index (κ2) is 15.8. The summed E-state index contributed by atoms with van der Waals surface area (Å²) in [5.41, 5.74) is 6.37. The number of benzene rings is 4. The first-order chi connectivity index (χ1) is 21.9. The molecule has 4 rings (SSSR count). The Balaban J connectivity index is 1.25. The predicted octanol–water partition coefficient (Wildman–Crippen LogP) is 4.13. The fourth-order valence-electron chi connectivity index (χ4n) is 3.75. The zero-order valence-corrected chi connectivity index (χ0v) is 24.3. The zero-order chi connectivity index (χ0) is 32.0. The van der Waals surface area contributed by atoms with Gasteiger partial charge in [0, 0.05) is 0 Å². The van der Waals surface area contributed by atoms with Crippen LogP contribution in [-0.2, 0) is 9.59 Å². The van der Waals surface area contributed by atoms with Gasteiger partial charge in [0.1, 0.15) is 6.42 Å². The molecule has 0 saturated heterocycles. The molecule has 228 valence electrons. The molecule has 4 aromatic carbocycles. The fourth-order valence-corrected chi connectivity index (χ4v) is 3.75. The van der Waals surface area contributed by atoms with Gasteiger partial charge in [0.25, 0.3) is 0 Å². The van der Waals surface area contributed by atoms with Gasteiger partial charge in [0.15, 0.2) is 23.0 Å². The van der Waals surface area contributed by atoms with Gasteiger partial charge in [-0.1, -0.05) is 36.4 Å². The summed E-state index contributed by atoms with van der Waals surface area (Å²) in [6, 6.07) is 26.5. The van der Waals surface area contributed by atoms with Crippen LogP contribution in [0.5, 0.6) is 23.0 Å². The normalized spacial score (nSPS) is 10.7. The van der Waals surface area contributed by atoms with Crippen LogP contribution in [-0.4, -0.2) is 50.4 Å². The van der Waals surface area contributed by atoms with Crippen LogP contribution in [0.2, 0.25) is 0 Å². The number of amides is 2. The minimum absolute atomic E-state index is 0.214. The van der Waals surface area contributed by atoms with E-state index in [4.69, 9.17) is 18.9 Å². The number of carbonyl (C=O) groups is 4. The Kier molecular flexibility index (Phi) is 11.1. The molecule has 2 N–H and O–H groups in total. The maximum atomic E-state index is 12.3. The minimum atomic E-state index is -0.675. The van der Waals surface area contributed by atoms with Crippen molar-refractivity contribution in [1.82, 2.24) is 10.9 Å². The van der Waals surface area contributed by atoms with Crippen molar-refractivity contribution in [3.05, 3.63) is 119 Å². The summed E-state index contributed by atoms with van der Waals surface area (Å²) in [6.07, 6.45) is 2.14. The Bertz CT molecular complexity index is 1600. The molecule has 0 aliphatic rings. The lowest BCUT2D eigenvalue weighted by Gasteiger charge is -2.10. The van der Waals surface area contributed by atoms with E-state index in [9.17, 15) is 19.2 Å². The Morgan fingerprint density at radius 1 is 0.578 bits per heavy atom. The van der Waals surface area contributed by atoms with E-state index in [2.05, 4.69) is 21.1 Å². The molecule has 4 aromatic rings. The highest BCUT2D eigenvalue weighted by molar-refractivity contribution is 5.97. The summed E-state index contributed by atoms with van der Waals surface area (Å²) >= 11 is 0. The smallest absolute Gasteiger partial charge is 0.343 e. The second-order valence-corrected chi connectivity index (χ2v) is 9.09. The van der Waals surface area contributed by atoms with E-state index in [0.29, 0.717) is 22.3 Å². The molecule has 0 unspecified atom stereocenters. The Hall–Kier alpha value is -6.30. The summed E-state index contributed by atoms with van der Waals surface area (Å²) in [6.45, 7) is 0. The van der Waals surface area contributed by atoms with Gasteiger partial charge in [0.2, 0.25) is 11.8 Å². The molecule has 45 heavy (non-hydrogen) atoms. The van der Waals surface area contributed by atoms with Gasteiger partial charge >= 0.3 is 11.9 Å². The van der Waals surface area contributed by atoms with E-state index in [0.717, 1.165) is 0 Å². The SMILES string of the molecule is COc1cc(/C=N\NC(=O)CC(=O)N/N=C\c2ccc(OC(=O)c3ccccc3)c(OC)c2)ccc1OC(=O)c1ccccc1. The van der Waals surface area contributed by atoms with Gasteiger partial charge in [-0.15, -0.1) is 0 Å². The number of nitrogens with one attached hydrogen (secondary N) is 2. The molecule has 0 atom stereocenters. The molecule has 0 saturated carbocycles. The summed E-state index contributed by atoms with van der Waals surface area (Å²) in [5.74, 6) is -1.43. The first-order valence-corrected chi connectivity index (χ1v) is 13.4. The third-order valence-corrected chi connectivity index (χ3v) is 5.93. The van der Waals surface area contributed by atoms with E-state index in [1.54, 1.807) is 84.9 Å². The molecule has 0 fully saturated rings. The molecule has 0 spiro atoms. The monoisotopic (exact) mass is 608 g/mol. The van der Waals surface area contributed by atoms with Crippen molar-refractivity contribution in [3.8, 4) is 23.0 Å². The van der Waals surface area contributed by atoms with Crippen LogP contribution in [0.1, 0.15) is 38.3 Å². The van der Waals surface area contributed by atoms with Crippen LogP contribution in [0, 0.1) is 0 Å². The topological polar surface area (TPSA) is 154 Å². The molecule has 12 heteroatoms. The Morgan fingerprint density at radius 2 is 0.978 bits per heavy atom. The standard InChI is InChI=1S/C33H28N4O8/c1-42-28-17-22(13-15-26(28)44-32(40)24-9-5-3-6-10-24)20-34-36-30(38)19-31(39)37-35-21-23-14-16-27(29(18-23)43-2)45-33(41)25-11-7-4-8-12-25/h3-18,20-21H,19H2,1-2H3,(H,36,38)(H,37,39)/b34-20-,35-21-. The number of rotatable bonds is 12. The second-order valence-electron chi connectivity index (χ2n) is 9.09. The minimum Gasteiger partial charge on any atom is -0.493 e. The number of methoxy groups -OCH3 is 2. The number of carbonyl (C=O) groups excluding carboxylic acids is 4. The Labute approximate surface area is 258 Å². The molecule has 0 bridgehead atoms. The van der Waals surface area contributed by atoms with Crippen LogP contribution in [0.15, 0.2) is 107 Å². The highest BCUT2D eigenvalue weighted by atomic mass is 16.6. The lowest BCUT2D eigenvalue weighted by atomic mass is 10.2. The molecule has 0 aliphatic heterocycles. The van der Waals surface area contributed by atoms with Crippen molar-refractivity contribution >= 4 is 36.2 Å². The molecule has 0 heterocycles. The van der Waals surface area contributed by atoms with Crippen molar-refractivity contribution in [2.75, 3.05) is 14.2 Å². The number of hydrogen-bond acceptors (Lipinski definition) is 10. The Morgan fingerprint density at radius 3 is 1.36 bits per heavy atom. The van der Waals surface area contributed by atoms with Gasteiger partial charge < -0.3 is 18.9 Å². The highest BCUT2D eigenvalue weighted by Gasteiger charge is 2.14. The summed E-state index contributed by atoms with van der Waals surface area (Å²) < 4.78 is 21.4. The molecule has 2 amide bonds. The van der Waals surface area contributed by atoms with Gasteiger partial charge in [-0.25, -0.2) is 20.4 Å². The van der Waals surface area contributed by atoms with Crippen LogP contribution < -0.4 is 29.8 Å². The number of nitrogens with zero attached hydrogens (tertiary/aromatic N) is 2. The first-order valence-electron chi connectivity index (χ1n) is 13.4. The van der Waals surface area contributed by atoms with Crippen LogP contribution >= 0.6 is 0 Å². The van der Waals surface area contributed by atoms with Gasteiger partial charge in [-0.3, -0.25) is 9.59 Å². The maximum Gasteiger partial charge on any atom is 0.343 e. The third kappa shape index (κ3) is 9.35. The first kappa shape index (κ1) is 31.6. The van der Waals surface area contributed by atoms with Crippen molar-refractivity contribution in [3.63, 3.8) is 0 Å². The van der Waals surface area contributed by atoms with Crippen molar-refractivity contribution in [2.45, 2.75) is 6.42 Å². The molecule has 12 nitrogen and oxygen atoms in total. The van der Waals surface area contributed by atoms with E-state index >= 15 is 0 Å². The van der Waals surface area contributed by atoms with E-state index in [1.807, 2.05) is 0 Å². The van der Waals surface area contributed by atoms with Crippen molar-refractivity contribution < 1.29 is 38.1 Å². The molecule has 0 aromatic heterocycles. The van der Waals surface area contributed by atoms with Gasteiger partial charge in [-0.05, 0) is 71.8 Å². The molecule has 0 radical (unpaired) electrons. The lowest BCUT2D eigenvalue weighted by molar-refractivity contribution is -0.129. The van der Waals surface area contributed by atoms with Crippen LogP contribution in [0.3, 0.4) is 0 Å². The molecule has 0 aliphatic carbocycles. The van der Waals surface area contributed by atoms with E-state index < -0.39 is 30.2 Å². The lowest BCUT2D eigenvalue weighted by Crippen LogP contribution is -2.27. The number of ether oxygens (including phenoxy) is 4. The fraction of sp³-hybridized carbons (Fsp3) is 0.0909. The number of hydrogen-bond donors (Lipinski definition) is 2. The summed E-state index contributed by atoms with van der Waals surface area (Å²) in [7, 11) is 2.85. The number of esters is 2. The maximum absolute atomic E-state index is 12.3. The van der Waals surface area contributed by atoms with E-state index in [-0.39, 0.29) is 23.0 Å².